The second kappa shape index (κ2) is 6.05. The van der Waals surface area contributed by atoms with Gasteiger partial charge in [0.1, 0.15) is 0 Å². The molecule has 0 amide bonds. The number of aryl methyl sites for hydroxylation is 1. The highest BCUT2D eigenvalue weighted by atomic mass is 16.5. The zero-order chi connectivity index (χ0) is 12.8. The topological polar surface area (TPSA) is 50.1 Å². The maximum atomic E-state index is 11.9. The molecule has 90 valence electrons. The molecule has 0 unspecified atom stereocenters. The van der Waals surface area contributed by atoms with Crippen molar-refractivity contribution in [2.45, 2.75) is 33.6 Å². The van der Waals surface area contributed by atoms with Gasteiger partial charge in [0.05, 0.1) is 23.8 Å². The lowest BCUT2D eigenvalue weighted by molar-refractivity contribution is 0.0524. The third kappa shape index (κ3) is 2.65. The summed E-state index contributed by atoms with van der Waals surface area (Å²) in [5.41, 5.74) is 2.88. The maximum Gasteiger partial charge on any atom is 0.338 e. The quantitative estimate of drug-likeness (QED) is 0.749. The molecule has 0 saturated heterocycles. The Kier molecular flexibility index (Phi) is 4.71. The highest BCUT2D eigenvalue weighted by Crippen LogP contribution is 2.21. The Morgan fingerprint density at radius 1 is 1.29 bits per heavy atom. The monoisotopic (exact) mass is 231 g/mol. The van der Waals surface area contributed by atoms with E-state index in [0.29, 0.717) is 24.2 Å². The molecule has 1 rings (SSSR count). The molecule has 17 heavy (non-hydrogen) atoms. The summed E-state index contributed by atoms with van der Waals surface area (Å²) >= 11 is 0. The van der Waals surface area contributed by atoms with Crippen LogP contribution in [0.5, 0.6) is 0 Å². The van der Waals surface area contributed by atoms with E-state index in [2.05, 4.69) is 6.07 Å². The average Bonchev–Trinajstić information content (AvgIpc) is 2.36. The van der Waals surface area contributed by atoms with E-state index in [4.69, 9.17) is 10.00 Å². The summed E-state index contributed by atoms with van der Waals surface area (Å²) in [6.07, 6.45) is 1.41. The minimum atomic E-state index is -0.321. The Labute approximate surface area is 102 Å². The summed E-state index contributed by atoms with van der Waals surface area (Å²) in [5, 5.41) is 9.05. The van der Waals surface area contributed by atoms with E-state index in [1.165, 1.54) is 0 Å². The van der Waals surface area contributed by atoms with Gasteiger partial charge >= 0.3 is 5.97 Å². The molecular formula is C14H17NO2. The van der Waals surface area contributed by atoms with E-state index >= 15 is 0 Å². The largest absolute Gasteiger partial charge is 0.462 e. The van der Waals surface area contributed by atoms with Gasteiger partial charge in [-0.1, -0.05) is 19.9 Å². The molecule has 3 nitrogen and oxygen atoms in total. The number of hydrogen-bond acceptors (Lipinski definition) is 3. The Morgan fingerprint density at radius 3 is 2.47 bits per heavy atom. The highest BCUT2D eigenvalue weighted by molar-refractivity contribution is 5.93. The van der Waals surface area contributed by atoms with E-state index in [1.54, 1.807) is 13.0 Å². The van der Waals surface area contributed by atoms with Crippen molar-refractivity contribution in [3.05, 3.63) is 34.4 Å². The van der Waals surface area contributed by atoms with Gasteiger partial charge in [0, 0.05) is 0 Å². The van der Waals surface area contributed by atoms with Crippen molar-refractivity contribution in [1.29, 1.82) is 5.26 Å². The Hall–Kier alpha value is -1.82. The number of ether oxygens (including phenoxy) is 1. The van der Waals surface area contributed by atoms with Crippen LogP contribution in [0.2, 0.25) is 0 Å². The van der Waals surface area contributed by atoms with Gasteiger partial charge in [0.2, 0.25) is 0 Å². The van der Waals surface area contributed by atoms with Crippen LogP contribution in [0.1, 0.15) is 47.8 Å². The van der Waals surface area contributed by atoms with Crippen LogP contribution < -0.4 is 0 Å². The van der Waals surface area contributed by atoms with Gasteiger partial charge in [-0.2, -0.15) is 5.26 Å². The van der Waals surface area contributed by atoms with Crippen molar-refractivity contribution >= 4 is 5.97 Å². The standard InChI is InChI=1S/C14H17NO2/c1-4-10-7-8-11(9-15)12(5-2)13(10)14(16)17-6-3/h7-8H,4-6H2,1-3H3. The fourth-order valence-corrected chi connectivity index (χ4v) is 1.92. The van der Waals surface area contributed by atoms with Gasteiger partial charge in [-0.25, -0.2) is 4.79 Å². The first-order valence-corrected chi connectivity index (χ1v) is 5.91. The maximum absolute atomic E-state index is 11.9. The first kappa shape index (κ1) is 13.2. The minimum Gasteiger partial charge on any atom is -0.462 e. The second-order valence-corrected chi connectivity index (χ2v) is 3.67. The lowest BCUT2D eigenvalue weighted by Gasteiger charge is -2.13. The molecular weight excluding hydrogens is 214 g/mol. The molecule has 0 spiro atoms. The van der Waals surface area contributed by atoms with Crippen LogP contribution in [-0.4, -0.2) is 12.6 Å². The molecule has 0 bridgehead atoms. The summed E-state index contributed by atoms with van der Waals surface area (Å²) in [5.74, 6) is -0.321. The molecule has 0 saturated carbocycles. The number of benzene rings is 1. The number of esters is 1. The molecule has 1 aromatic rings. The van der Waals surface area contributed by atoms with Crippen LogP contribution in [0.25, 0.3) is 0 Å². The molecule has 0 N–H and O–H groups in total. The SMILES string of the molecule is CCOC(=O)c1c(CC)ccc(C#N)c1CC. The molecule has 0 fully saturated rings. The molecule has 0 aromatic heterocycles. The summed E-state index contributed by atoms with van der Waals surface area (Å²) in [6.45, 7) is 6.06. The van der Waals surface area contributed by atoms with Crippen molar-refractivity contribution in [2.24, 2.45) is 0 Å². The van der Waals surface area contributed by atoms with E-state index in [0.717, 1.165) is 17.5 Å². The summed E-state index contributed by atoms with van der Waals surface area (Å²) < 4.78 is 5.06. The van der Waals surface area contributed by atoms with Crippen molar-refractivity contribution < 1.29 is 9.53 Å². The predicted octanol–water partition coefficient (Wildman–Crippen LogP) is 2.86. The molecule has 0 aliphatic rings. The molecule has 1 aromatic carbocycles. The van der Waals surface area contributed by atoms with Gasteiger partial charge in [-0.3, -0.25) is 0 Å². The number of rotatable bonds is 4. The van der Waals surface area contributed by atoms with E-state index in [-0.39, 0.29) is 5.97 Å². The molecule has 0 aliphatic heterocycles. The number of nitriles is 1. The fourth-order valence-electron chi connectivity index (χ4n) is 1.92. The van der Waals surface area contributed by atoms with Crippen LogP contribution in [0.4, 0.5) is 0 Å². The van der Waals surface area contributed by atoms with E-state index in [9.17, 15) is 4.79 Å². The van der Waals surface area contributed by atoms with Gasteiger partial charge < -0.3 is 4.74 Å². The molecule has 0 radical (unpaired) electrons. The summed E-state index contributed by atoms with van der Waals surface area (Å²) in [4.78, 5) is 11.9. The van der Waals surface area contributed by atoms with Gasteiger partial charge in [0.25, 0.3) is 0 Å². The lowest BCUT2D eigenvalue weighted by atomic mass is 9.93. The van der Waals surface area contributed by atoms with Gasteiger partial charge in [-0.05, 0) is 37.0 Å². The molecule has 0 heterocycles. The van der Waals surface area contributed by atoms with Crippen LogP contribution in [0.3, 0.4) is 0 Å². The average molecular weight is 231 g/mol. The zero-order valence-corrected chi connectivity index (χ0v) is 10.5. The number of hydrogen-bond donors (Lipinski definition) is 0. The van der Waals surface area contributed by atoms with Crippen LogP contribution in [0.15, 0.2) is 12.1 Å². The number of carbonyl (C=O) groups excluding carboxylic acids is 1. The fraction of sp³-hybridized carbons (Fsp3) is 0.429. The van der Waals surface area contributed by atoms with Crippen LogP contribution in [0, 0.1) is 11.3 Å². The minimum absolute atomic E-state index is 0.321. The number of carbonyl (C=O) groups is 1. The summed E-state index contributed by atoms with van der Waals surface area (Å²) in [7, 11) is 0. The zero-order valence-electron chi connectivity index (χ0n) is 10.5. The third-order valence-corrected chi connectivity index (χ3v) is 2.73. The van der Waals surface area contributed by atoms with Gasteiger partial charge in [0.15, 0.2) is 0 Å². The van der Waals surface area contributed by atoms with Crippen molar-refractivity contribution in [3.8, 4) is 6.07 Å². The van der Waals surface area contributed by atoms with Crippen molar-refractivity contribution in [2.75, 3.05) is 6.61 Å². The van der Waals surface area contributed by atoms with Gasteiger partial charge in [-0.15, -0.1) is 0 Å². The smallest absolute Gasteiger partial charge is 0.338 e. The highest BCUT2D eigenvalue weighted by Gasteiger charge is 2.18. The predicted molar refractivity (Wildman–Crippen MR) is 65.9 cm³/mol. The number of nitrogens with zero attached hydrogens (tertiary/aromatic N) is 1. The van der Waals surface area contributed by atoms with Crippen LogP contribution in [-0.2, 0) is 17.6 Å². The normalized spacial score (nSPS) is 9.76. The molecule has 0 atom stereocenters. The lowest BCUT2D eigenvalue weighted by Crippen LogP contribution is -2.12. The van der Waals surface area contributed by atoms with Crippen molar-refractivity contribution in [1.82, 2.24) is 0 Å². The second-order valence-electron chi connectivity index (χ2n) is 3.67. The molecule has 3 heteroatoms. The Bertz CT molecular complexity index is 458. The first-order valence-electron chi connectivity index (χ1n) is 5.91. The third-order valence-electron chi connectivity index (χ3n) is 2.73. The van der Waals surface area contributed by atoms with Crippen molar-refractivity contribution in [3.63, 3.8) is 0 Å². The van der Waals surface area contributed by atoms with E-state index in [1.807, 2.05) is 19.9 Å². The van der Waals surface area contributed by atoms with Crippen LogP contribution >= 0.6 is 0 Å². The summed E-state index contributed by atoms with van der Waals surface area (Å²) in [6, 6.07) is 5.74. The van der Waals surface area contributed by atoms with E-state index < -0.39 is 0 Å². The Morgan fingerprint density at radius 2 is 2.00 bits per heavy atom. The molecule has 0 aliphatic carbocycles. The Balaban J connectivity index is 3.41. The first-order chi connectivity index (χ1) is 8.19.